The summed E-state index contributed by atoms with van der Waals surface area (Å²) in [6, 6.07) is 0.474. The smallest absolute Gasteiger partial charge is 0.241 e. The van der Waals surface area contributed by atoms with Crippen molar-refractivity contribution >= 4 is 11.9 Å². The Morgan fingerprint density at radius 3 is 2.88 bits per heavy atom. The summed E-state index contributed by atoms with van der Waals surface area (Å²) in [6.45, 7) is 5.82. The maximum absolute atomic E-state index is 11.5. The summed E-state index contributed by atoms with van der Waals surface area (Å²) in [4.78, 5) is 17.4. The molecule has 3 N–H and O–H groups in total. The molecule has 0 saturated carbocycles. The van der Waals surface area contributed by atoms with Crippen molar-refractivity contribution in [2.45, 2.75) is 26.4 Å². The van der Waals surface area contributed by atoms with Crippen molar-refractivity contribution in [3.63, 3.8) is 0 Å². The predicted octanol–water partition coefficient (Wildman–Crippen LogP) is -0.683. The first-order valence-electron chi connectivity index (χ1n) is 5.61. The number of hydrogen-bond donors (Lipinski definition) is 2. The molecular formula is C10H20N6O. The zero-order valence-corrected chi connectivity index (χ0v) is 10.6. The lowest BCUT2D eigenvalue weighted by Gasteiger charge is -2.20. The van der Waals surface area contributed by atoms with Crippen LogP contribution in [0, 0.1) is 0 Å². The maximum Gasteiger partial charge on any atom is 0.241 e. The van der Waals surface area contributed by atoms with Gasteiger partial charge in [-0.2, -0.15) is 0 Å². The predicted molar refractivity (Wildman–Crippen MR) is 65.2 cm³/mol. The molecule has 0 aliphatic heterocycles. The first kappa shape index (κ1) is 13.4. The van der Waals surface area contributed by atoms with Crippen LogP contribution in [-0.4, -0.2) is 51.8 Å². The second-order valence-electron chi connectivity index (χ2n) is 4.22. The first-order valence-corrected chi connectivity index (χ1v) is 5.61. The van der Waals surface area contributed by atoms with Gasteiger partial charge in [0.05, 0.1) is 0 Å². The number of carbonyl (C=O) groups excluding carboxylic acids is 1. The summed E-state index contributed by atoms with van der Waals surface area (Å²) in [5.41, 5.74) is 5.35. The Kier molecular flexibility index (Phi) is 4.89. The fourth-order valence-electron chi connectivity index (χ4n) is 1.22. The number of amides is 1. The Balaban J connectivity index is 2.22. The number of nitrogens with two attached hydrogens (primary N) is 1. The van der Waals surface area contributed by atoms with Gasteiger partial charge in [-0.25, -0.2) is 9.67 Å². The van der Waals surface area contributed by atoms with Crippen LogP contribution in [0.2, 0.25) is 0 Å². The summed E-state index contributed by atoms with van der Waals surface area (Å²) in [5.74, 6) is 0.0874. The van der Waals surface area contributed by atoms with Crippen LogP contribution in [0.15, 0.2) is 6.33 Å². The van der Waals surface area contributed by atoms with Crippen molar-refractivity contribution in [1.29, 1.82) is 0 Å². The second-order valence-corrected chi connectivity index (χ2v) is 4.22. The normalized spacial score (nSPS) is 11.1. The van der Waals surface area contributed by atoms with E-state index in [0.717, 1.165) is 6.54 Å². The van der Waals surface area contributed by atoms with Crippen LogP contribution >= 0.6 is 0 Å². The maximum atomic E-state index is 11.5. The highest BCUT2D eigenvalue weighted by molar-refractivity contribution is 5.75. The molecule has 0 aliphatic rings. The number of likely N-dealkylation sites (N-methyl/N-ethyl adjacent to an activating group) is 1. The van der Waals surface area contributed by atoms with Gasteiger partial charge in [0, 0.05) is 19.1 Å². The average molecular weight is 240 g/mol. The van der Waals surface area contributed by atoms with Crippen molar-refractivity contribution in [2.24, 2.45) is 0 Å². The summed E-state index contributed by atoms with van der Waals surface area (Å²) < 4.78 is 1.41. The minimum Gasteiger partial charge on any atom is -0.367 e. The molecule has 1 aromatic rings. The van der Waals surface area contributed by atoms with E-state index >= 15 is 0 Å². The molecule has 0 aliphatic carbocycles. The van der Waals surface area contributed by atoms with Crippen molar-refractivity contribution in [1.82, 2.24) is 25.0 Å². The summed E-state index contributed by atoms with van der Waals surface area (Å²) in [5, 5.41) is 6.65. The third-order valence-corrected chi connectivity index (χ3v) is 2.53. The third kappa shape index (κ3) is 4.81. The number of nitrogens with zero attached hydrogens (tertiary/aromatic N) is 4. The van der Waals surface area contributed by atoms with Crippen LogP contribution < -0.4 is 11.1 Å². The molecule has 96 valence electrons. The zero-order valence-electron chi connectivity index (χ0n) is 10.6. The quantitative estimate of drug-likeness (QED) is 0.687. The molecule has 7 heteroatoms. The largest absolute Gasteiger partial charge is 0.367 e. The molecule has 1 aromatic heterocycles. The minimum atomic E-state index is -0.0907. The third-order valence-electron chi connectivity index (χ3n) is 2.53. The van der Waals surface area contributed by atoms with Crippen molar-refractivity contribution < 1.29 is 4.79 Å². The first-order chi connectivity index (χ1) is 7.99. The Labute approximate surface area is 101 Å². The number of rotatable bonds is 6. The van der Waals surface area contributed by atoms with Gasteiger partial charge >= 0.3 is 0 Å². The Hall–Kier alpha value is -1.63. The molecule has 1 rings (SSSR count). The number of hydrogen-bond acceptors (Lipinski definition) is 5. The number of nitrogen functional groups attached to an aromatic ring is 1. The summed E-state index contributed by atoms with van der Waals surface area (Å²) in [6.07, 6.45) is 1.44. The van der Waals surface area contributed by atoms with Gasteiger partial charge in [0.1, 0.15) is 12.9 Å². The number of carbonyl (C=O) groups is 1. The van der Waals surface area contributed by atoms with Crippen molar-refractivity contribution in [3.8, 4) is 0 Å². The highest BCUT2D eigenvalue weighted by Gasteiger charge is 2.06. The van der Waals surface area contributed by atoms with Gasteiger partial charge in [-0.15, -0.1) is 5.10 Å². The number of aromatic nitrogens is 3. The molecule has 0 atom stereocenters. The van der Waals surface area contributed by atoms with Gasteiger partial charge in [-0.1, -0.05) is 0 Å². The molecule has 0 aromatic carbocycles. The molecule has 0 saturated heterocycles. The molecule has 0 unspecified atom stereocenters. The number of anilines is 1. The Morgan fingerprint density at radius 1 is 1.65 bits per heavy atom. The van der Waals surface area contributed by atoms with Crippen LogP contribution in [0.3, 0.4) is 0 Å². The van der Waals surface area contributed by atoms with E-state index < -0.39 is 0 Å². The van der Waals surface area contributed by atoms with Crippen LogP contribution in [-0.2, 0) is 11.3 Å². The van der Waals surface area contributed by atoms with E-state index in [1.807, 2.05) is 7.05 Å². The average Bonchev–Trinajstić information content (AvgIpc) is 2.63. The van der Waals surface area contributed by atoms with Crippen LogP contribution in [0.25, 0.3) is 0 Å². The molecule has 0 radical (unpaired) electrons. The lowest BCUT2D eigenvalue weighted by molar-refractivity contribution is -0.121. The molecule has 17 heavy (non-hydrogen) atoms. The van der Waals surface area contributed by atoms with E-state index in [4.69, 9.17) is 5.73 Å². The number of nitrogens with one attached hydrogen (secondary N) is 1. The standard InChI is InChI=1S/C10H20N6O/c1-8(2)15(3)5-4-12-9(17)6-16-7-13-10(11)14-16/h7-8H,4-6H2,1-3H3,(H2,11,14)(H,12,17). The van der Waals surface area contributed by atoms with Crippen LogP contribution in [0.4, 0.5) is 5.95 Å². The van der Waals surface area contributed by atoms with E-state index in [9.17, 15) is 4.79 Å². The van der Waals surface area contributed by atoms with Gasteiger partial charge in [-0.05, 0) is 20.9 Å². The SMILES string of the molecule is CC(C)N(C)CCNC(=O)Cn1cnc(N)n1. The second kappa shape index (κ2) is 6.19. The molecular weight excluding hydrogens is 220 g/mol. The van der Waals surface area contributed by atoms with Crippen molar-refractivity contribution in [3.05, 3.63) is 6.33 Å². The lowest BCUT2D eigenvalue weighted by atomic mass is 10.3. The van der Waals surface area contributed by atoms with E-state index in [0.29, 0.717) is 12.6 Å². The molecule has 7 nitrogen and oxygen atoms in total. The van der Waals surface area contributed by atoms with Gasteiger partial charge in [0.2, 0.25) is 11.9 Å². The van der Waals surface area contributed by atoms with Gasteiger partial charge in [0.25, 0.3) is 0 Å². The van der Waals surface area contributed by atoms with E-state index in [-0.39, 0.29) is 18.4 Å². The summed E-state index contributed by atoms with van der Waals surface area (Å²) >= 11 is 0. The molecule has 0 fully saturated rings. The van der Waals surface area contributed by atoms with Crippen LogP contribution in [0.5, 0.6) is 0 Å². The van der Waals surface area contributed by atoms with Gasteiger partial charge in [-0.3, -0.25) is 4.79 Å². The Morgan fingerprint density at radius 2 is 2.35 bits per heavy atom. The van der Waals surface area contributed by atoms with Gasteiger partial charge < -0.3 is 16.0 Å². The molecule has 1 heterocycles. The van der Waals surface area contributed by atoms with E-state index in [2.05, 4.69) is 34.1 Å². The minimum absolute atomic E-state index is 0.0907. The van der Waals surface area contributed by atoms with E-state index in [1.165, 1.54) is 11.0 Å². The highest BCUT2D eigenvalue weighted by atomic mass is 16.2. The molecule has 1 amide bonds. The van der Waals surface area contributed by atoms with Gasteiger partial charge in [0.15, 0.2) is 0 Å². The van der Waals surface area contributed by atoms with E-state index in [1.54, 1.807) is 0 Å². The molecule has 0 spiro atoms. The lowest BCUT2D eigenvalue weighted by Crippen LogP contribution is -2.37. The summed E-state index contributed by atoms with van der Waals surface area (Å²) in [7, 11) is 2.02. The fraction of sp³-hybridized carbons (Fsp3) is 0.700. The monoisotopic (exact) mass is 240 g/mol. The molecule has 0 bridgehead atoms. The zero-order chi connectivity index (χ0) is 12.8. The topological polar surface area (TPSA) is 89.1 Å². The fourth-order valence-corrected chi connectivity index (χ4v) is 1.22. The van der Waals surface area contributed by atoms with Crippen molar-refractivity contribution in [2.75, 3.05) is 25.9 Å². The highest BCUT2D eigenvalue weighted by Crippen LogP contribution is 1.91. The van der Waals surface area contributed by atoms with Crippen LogP contribution in [0.1, 0.15) is 13.8 Å². The Bertz CT molecular complexity index is 361.